The van der Waals surface area contributed by atoms with Gasteiger partial charge in [-0.15, -0.1) is 0 Å². The zero-order valence-electron chi connectivity index (χ0n) is 8.73. The van der Waals surface area contributed by atoms with Crippen LogP contribution in [0.5, 0.6) is 11.6 Å². The molecule has 0 aliphatic rings. The molecule has 0 radical (unpaired) electrons. The highest BCUT2D eigenvalue weighted by Crippen LogP contribution is 2.30. The molecule has 3 nitrogen and oxygen atoms in total. The lowest BCUT2D eigenvalue weighted by molar-refractivity contribution is 0.281. The van der Waals surface area contributed by atoms with Crippen molar-refractivity contribution in [1.82, 2.24) is 4.98 Å². The maximum absolute atomic E-state index is 8.88. The van der Waals surface area contributed by atoms with Crippen molar-refractivity contribution in [2.45, 2.75) is 6.61 Å². The number of aliphatic hydroxyl groups excluding tert-OH is 1. The molecule has 0 fully saturated rings. The number of pyridine rings is 1. The Kier molecular flexibility index (Phi) is 3.84. The van der Waals surface area contributed by atoms with E-state index in [0.717, 1.165) is 5.56 Å². The van der Waals surface area contributed by atoms with E-state index in [2.05, 4.69) is 4.98 Å². The lowest BCUT2D eigenvalue weighted by atomic mass is 10.3. The zero-order chi connectivity index (χ0) is 12.3. The summed E-state index contributed by atoms with van der Waals surface area (Å²) in [6.07, 6.45) is 1.54. The van der Waals surface area contributed by atoms with Gasteiger partial charge in [-0.3, -0.25) is 0 Å². The van der Waals surface area contributed by atoms with E-state index < -0.39 is 0 Å². The second-order valence-corrected chi connectivity index (χ2v) is 4.18. The summed E-state index contributed by atoms with van der Waals surface area (Å²) in [6, 6.07) is 8.35. The molecule has 0 bridgehead atoms. The Morgan fingerprint density at radius 1 is 1.18 bits per heavy atom. The summed E-state index contributed by atoms with van der Waals surface area (Å²) in [7, 11) is 0. The van der Waals surface area contributed by atoms with Crippen LogP contribution in [0.4, 0.5) is 0 Å². The van der Waals surface area contributed by atoms with Gasteiger partial charge in [-0.1, -0.05) is 23.2 Å². The van der Waals surface area contributed by atoms with Gasteiger partial charge in [-0.05, 0) is 29.8 Å². The van der Waals surface area contributed by atoms with Gasteiger partial charge in [0.1, 0.15) is 5.75 Å². The zero-order valence-corrected chi connectivity index (χ0v) is 10.2. The molecule has 0 atom stereocenters. The fourth-order valence-corrected chi connectivity index (χ4v) is 1.68. The summed E-state index contributed by atoms with van der Waals surface area (Å²) in [5.41, 5.74) is 0.722. The second-order valence-electron chi connectivity index (χ2n) is 3.34. The van der Waals surface area contributed by atoms with Gasteiger partial charge in [0.05, 0.1) is 11.6 Å². The third-order valence-electron chi connectivity index (χ3n) is 2.09. The number of halogens is 2. The van der Waals surface area contributed by atoms with Crippen LogP contribution in [0.15, 0.2) is 36.5 Å². The molecule has 1 heterocycles. The molecule has 0 saturated carbocycles. The van der Waals surface area contributed by atoms with Gasteiger partial charge in [0, 0.05) is 17.3 Å². The fraction of sp³-hybridized carbons (Fsp3) is 0.0833. The number of aliphatic hydroxyl groups is 1. The second kappa shape index (κ2) is 5.36. The smallest absolute Gasteiger partial charge is 0.219 e. The van der Waals surface area contributed by atoms with Gasteiger partial charge in [-0.2, -0.15) is 0 Å². The van der Waals surface area contributed by atoms with Crippen molar-refractivity contribution in [3.05, 3.63) is 52.1 Å². The van der Waals surface area contributed by atoms with Gasteiger partial charge in [0.25, 0.3) is 0 Å². The monoisotopic (exact) mass is 269 g/mol. The standard InChI is InChI=1S/C12H9Cl2NO2/c13-9-2-3-11(10(14)5-9)17-12-4-1-8(7-16)6-15-12/h1-6,16H,7H2. The van der Waals surface area contributed by atoms with Crippen LogP contribution in [0, 0.1) is 0 Å². The molecule has 5 heteroatoms. The van der Waals surface area contributed by atoms with Crippen LogP contribution in [-0.4, -0.2) is 10.1 Å². The minimum Gasteiger partial charge on any atom is -0.437 e. The lowest BCUT2D eigenvalue weighted by Crippen LogP contribution is -1.90. The van der Waals surface area contributed by atoms with Crippen LogP contribution in [0.1, 0.15) is 5.56 Å². The van der Waals surface area contributed by atoms with E-state index in [-0.39, 0.29) is 6.61 Å². The predicted molar refractivity (Wildman–Crippen MR) is 66.7 cm³/mol. The molecule has 2 aromatic rings. The molecule has 1 aromatic carbocycles. The van der Waals surface area contributed by atoms with Crippen molar-refractivity contribution >= 4 is 23.2 Å². The normalized spacial score (nSPS) is 10.3. The Labute approximate surface area is 109 Å². The number of nitrogens with zero attached hydrogens (tertiary/aromatic N) is 1. The molecule has 1 aromatic heterocycles. The number of rotatable bonds is 3. The first kappa shape index (κ1) is 12.2. The predicted octanol–water partition coefficient (Wildman–Crippen LogP) is 3.67. The van der Waals surface area contributed by atoms with Crippen molar-refractivity contribution < 1.29 is 9.84 Å². The molecule has 1 N–H and O–H groups in total. The maximum atomic E-state index is 8.88. The average molecular weight is 270 g/mol. The van der Waals surface area contributed by atoms with E-state index in [1.54, 1.807) is 36.5 Å². The van der Waals surface area contributed by atoms with Crippen LogP contribution in [0.3, 0.4) is 0 Å². The highest BCUT2D eigenvalue weighted by molar-refractivity contribution is 6.35. The molecule has 0 spiro atoms. The number of hydrogen-bond acceptors (Lipinski definition) is 3. The third-order valence-corrected chi connectivity index (χ3v) is 2.62. The Bertz CT molecular complexity index is 514. The lowest BCUT2D eigenvalue weighted by Gasteiger charge is -2.07. The van der Waals surface area contributed by atoms with Gasteiger partial charge in [-0.25, -0.2) is 4.98 Å². The van der Waals surface area contributed by atoms with Crippen molar-refractivity contribution in [3.8, 4) is 11.6 Å². The van der Waals surface area contributed by atoms with E-state index >= 15 is 0 Å². The van der Waals surface area contributed by atoms with Crippen LogP contribution in [0.25, 0.3) is 0 Å². The summed E-state index contributed by atoms with van der Waals surface area (Å²) >= 11 is 11.7. The number of aromatic nitrogens is 1. The molecule has 0 aliphatic heterocycles. The molecule has 2 rings (SSSR count). The Morgan fingerprint density at radius 2 is 2.00 bits per heavy atom. The first-order chi connectivity index (χ1) is 8.19. The van der Waals surface area contributed by atoms with Gasteiger partial charge < -0.3 is 9.84 Å². The van der Waals surface area contributed by atoms with Crippen LogP contribution in [-0.2, 0) is 6.61 Å². The van der Waals surface area contributed by atoms with Gasteiger partial charge in [0.15, 0.2) is 0 Å². The van der Waals surface area contributed by atoms with Crippen LogP contribution >= 0.6 is 23.2 Å². The average Bonchev–Trinajstić information content (AvgIpc) is 2.34. The van der Waals surface area contributed by atoms with E-state index in [9.17, 15) is 0 Å². The summed E-state index contributed by atoms with van der Waals surface area (Å²) in [6.45, 7) is -0.0466. The van der Waals surface area contributed by atoms with Crippen molar-refractivity contribution in [2.75, 3.05) is 0 Å². The molecule has 0 unspecified atom stereocenters. The summed E-state index contributed by atoms with van der Waals surface area (Å²) < 4.78 is 5.48. The SMILES string of the molecule is OCc1ccc(Oc2ccc(Cl)cc2Cl)nc1. The molecular weight excluding hydrogens is 261 g/mol. The summed E-state index contributed by atoms with van der Waals surface area (Å²) in [4.78, 5) is 4.03. The minimum absolute atomic E-state index is 0.0466. The number of hydrogen-bond donors (Lipinski definition) is 1. The van der Waals surface area contributed by atoms with E-state index in [4.69, 9.17) is 33.0 Å². The molecule has 0 saturated heterocycles. The van der Waals surface area contributed by atoms with E-state index in [1.807, 2.05) is 0 Å². The maximum Gasteiger partial charge on any atom is 0.219 e. The van der Waals surface area contributed by atoms with E-state index in [0.29, 0.717) is 21.7 Å². The highest BCUT2D eigenvalue weighted by atomic mass is 35.5. The minimum atomic E-state index is -0.0466. The molecule has 88 valence electrons. The topological polar surface area (TPSA) is 42.4 Å². The van der Waals surface area contributed by atoms with Gasteiger partial charge in [0.2, 0.25) is 5.88 Å². The van der Waals surface area contributed by atoms with Crippen molar-refractivity contribution in [3.63, 3.8) is 0 Å². The number of benzene rings is 1. The Balaban J connectivity index is 2.19. The third kappa shape index (κ3) is 3.09. The van der Waals surface area contributed by atoms with Crippen LogP contribution in [0.2, 0.25) is 10.0 Å². The summed E-state index contributed by atoms with van der Waals surface area (Å²) in [5, 5.41) is 9.85. The molecule has 17 heavy (non-hydrogen) atoms. The largest absolute Gasteiger partial charge is 0.437 e. The first-order valence-electron chi connectivity index (χ1n) is 4.88. The quantitative estimate of drug-likeness (QED) is 0.925. The molecule has 0 aliphatic carbocycles. The molecule has 0 amide bonds. The number of ether oxygens (including phenoxy) is 1. The summed E-state index contributed by atoms with van der Waals surface area (Å²) in [5.74, 6) is 0.895. The highest BCUT2D eigenvalue weighted by Gasteiger charge is 2.04. The molecular formula is C12H9Cl2NO2. The van der Waals surface area contributed by atoms with E-state index in [1.165, 1.54) is 0 Å². The van der Waals surface area contributed by atoms with Gasteiger partial charge >= 0.3 is 0 Å². The van der Waals surface area contributed by atoms with Crippen molar-refractivity contribution in [1.29, 1.82) is 0 Å². The fourth-order valence-electron chi connectivity index (χ4n) is 1.24. The Morgan fingerprint density at radius 3 is 2.59 bits per heavy atom. The first-order valence-corrected chi connectivity index (χ1v) is 5.63. The van der Waals surface area contributed by atoms with Crippen LogP contribution < -0.4 is 4.74 Å². The Hall–Kier alpha value is -1.29. The van der Waals surface area contributed by atoms with Crippen molar-refractivity contribution in [2.24, 2.45) is 0 Å².